The maximum absolute atomic E-state index is 11.4. The normalized spacial score (nSPS) is 24.0. The van der Waals surface area contributed by atoms with Gasteiger partial charge in [0.25, 0.3) is 0 Å². The van der Waals surface area contributed by atoms with Crippen molar-refractivity contribution in [2.45, 2.75) is 31.5 Å². The first-order valence-electron chi connectivity index (χ1n) is 4.88. The highest BCUT2D eigenvalue weighted by Gasteiger charge is 2.34. The second kappa shape index (κ2) is 5.45. The highest BCUT2D eigenvalue weighted by Crippen LogP contribution is 2.19. The Kier molecular flexibility index (Phi) is 4.24. The van der Waals surface area contributed by atoms with E-state index in [2.05, 4.69) is 5.32 Å². The van der Waals surface area contributed by atoms with Crippen LogP contribution in [0.15, 0.2) is 0 Å². The molecule has 1 heterocycles. The number of aliphatic carboxylic acids is 2. The monoisotopic (exact) mass is 231 g/mol. The van der Waals surface area contributed by atoms with Crippen molar-refractivity contribution < 1.29 is 29.3 Å². The molecule has 0 spiro atoms. The zero-order valence-corrected chi connectivity index (χ0v) is 8.51. The van der Waals surface area contributed by atoms with Gasteiger partial charge in [-0.3, -0.25) is 9.59 Å². The van der Waals surface area contributed by atoms with E-state index in [0.717, 1.165) is 0 Å². The lowest BCUT2D eigenvalue weighted by Gasteiger charge is -2.10. The van der Waals surface area contributed by atoms with Crippen LogP contribution in [0.4, 0.5) is 0 Å². The number of hydrogen-bond donors (Lipinski definition) is 3. The van der Waals surface area contributed by atoms with Gasteiger partial charge in [-0.05, 0) is 12.8 Å². The Labute approximate surface area is 91.4 Å². The SMILES string of the molecule is O=C(O)CCNC(=O)C1CCC(C(=O)O)O1. The third-order valence-corrected chi connectivity index (χ3v) is 2.23. The van der Waals surface area contributed by atoms with Crippen LogP contribution in [0.25, 0.3) is 0 Å². The molecule has 16 heavy (non-hydrogen) atoms. The summed E-state index contributed by atoms with van der Waals surface area (Å²) in [6, 6.07) is 0. The summed E-state index contributed by atoms with van der Waals surface area (Å²) in [6.45, 7) is 0.0196. The van der Waals surface area contributed by atoms with Crippen molar-refractivity contribution in [3.8, 4) is 0 Å². The number of amides is 1. The van der Waals surface area contributed by atoms with Crippen LogP contribution in [-0.4, -0.2) is 46.8 Å². The number of carboxylic acids is 2. The van der Waals surface area contributed by atoms with Gasteiger partial charge in [0.2, 0.25) is 5.91 Å². The number of carbonyl (C=O) groups is 3. The Hall–Kier alpha value is -1.63. The summed E-state index contributed by atoms with van der Waals surface area (Å²) in [6.07, 6.45) is -1.24. The van der Waals surface area contributed by atoms with Crippen LogP contribution in [0.2, 0.25) is 0 Å². The minimum Gasteiger partial charge on any atom is -0.481 e. The molecule has 2 atom stereocenters. The molecule has 0 saturated carbocycles. The Bertz CT molecular complexity index is 302. The summed E-state index contributed by atoms with van der Waals surface area (Å²) in [4.78, 5) is 32.1. The van der Waals surface area contributed by atoms with E-state index in [1.165, 1.54) is 0 Å². The van der Waals surface area contributed by atoms with Crippen molar-refractivity contribution in [3.63, 3.8) is 0 Å². The molecule has 2 unspecified atom stereocenters. The predicted octanol–water partition coefficient (Wildman–Crippen LogP) is -0.790. The summed E-state index contributed by atoms with van der Waals surface area (Å²) in [5, 5.41) is 19.4. The minimum atomic E-state index is -1.08. The second-order valence-corrected chi connectivity index (χ2v) is 3.46. The van der Waals surface area contributed by atoms with Gasteiger partial charge in [-0.1, -0.05) is 0 Å². The van der Waals surface area contributed by atoms with Crippen LogP contribution in [0.3, 0.4) is 0 Å². The first kappa shape index (κ1) is 12.4. The largest absolute Gasteiger partial charge is 0.481 e. The van der Waals surface area contributed by atoms with Crippen LogP contribution in [0.5, 0.6) is 0 Å². The van der Waals surface area contributed by atoms with E-state index in [9.17, 15) is 14.4 Å². The highest BCUT2D eigenvalue weighted by molar-refractivity contribution is 5.83. The Morgan fingerprint density at radius 2 is 1.81 bits per heavy atom. The molecule has 7 heteroatoms. The van der Waals surface area contributed by atoms with Gasteiger partial charge < -0.3 is 20.3 Å². The maximum Gasteiger partial charge on any atom is 0.332 e. The molecule has 1 rings (SSSR count). The Morgan fingerprint density at radius 3 is 2.31 bits per heavy atom. The molecule has 0 aromatic rings. The van der Waals surface area contributed by atoms with Crippen molar-refractivity contribution in [1.29, 1.82) is 0 Å². The zero-order valence-electron chi connectivity index (χ0n) is 8.51. The standard InChI is InChI=1S/C9H13NO6/c11-7(12)3-4-10-8(13)5-1-2-6(16-5)9(14)15/h5-6H,1-4H2,(H,10,13)(H,11,12)(H,14,15). The molecule has 0 aliphatic carbocycles. The molecular formula is C9H13NO6. The summed E-state index contributed by atoms with van der Waals surface area (Å²) in [7, 11) is 0. The third-order valence-electron chi connectivity index (χ3n) is 2.23. The lowest BCUT2D eigenvalue weighted by atomic mass is 10.2. The summed E-state index contributed by atoms with van der Waals surface area (Å²) in [5.41, 5.74) is 0. The predicted molar refractivity (Wildman–Crippen MR) is 50.8 cm³/mol. The number of nitrogens with one attached hydrogen (secondary N) is 1. The van der Waals surface area contributed by atoms with Crippen LogP contribution in [0.1, 0.15) is 19.3 Å². The van der Waals surface area contributed by atoms with Crippen LogP contribution < -0.4 is 5.32 Å². The molecule has 0 radical (unpaired) electrons. The molecule has 1 aliphatic heterocycles. The van der Waals surface area contributed by atoms with Crippen LogP contribution in [0, 0.1) is 0 Å². The molecule has 0 bridgehead atoms. The van der Waals surface area contributed by atoms with Crippen LogP contribution >= 0.6 is 0 Å². The average Bonchev–Trinajstić information content (AvgIpc) is 2.65. The van der Waals surface area contributed by atoms with E-state index < -0.39 is 30.1 Å². The van der Waals surface area contributed by atoms with Crippen molar-refractivity contribution in [3.05, 3.63) is 0 Å². The van der Waals surface area contributed by atoms with Gasteiger partial charge in [0, 0.05) is 6.54 Å². The molecule has 1 amide bonds. The van der Waals surface area contributed by atoms with Gasteiger partial charge in [0.15, 0.2) is 6.10 Å². The molecular weight excluding hydrogens is 218 g/mol. The number of carbonyl (C=O) groups excluding carboxylic acids is 1. The number of rotatable bonds is 5. The van der Waals surface area contributed by atoms with Gasteiger partial charge in [0.1, 0.15) is 6.10 Å². The molecule has 3 N–H and O–H groups in total. The first-order chi connectivity index (χ1) is 7.50. The Morgan fingerprint density at radius 1 is 1.19 bits per heavy atom. The van der Waals surface area contributed by atoms with E-state index in [-0.39, 0.29) is 13.0 Å². The van der Waals surface area contributed by atoms with Crippen molar-refractivity contribution in [2.24, 2.45) is 0 Å². The molecule has 1 fully saturated rings. The van der Waals surface area contributed by atoms with E-state index in [0.29, 0.717) is 12.8 Å². The molecule has 7 nitrogen and oxygen atoms in total. The fourth-order valence-corrected chi connectivity index (χ4v) is 1.42. The minimum absolute atomic E-state index is 0.0196. The second-order valence-electron chi connectivity index (χ2n) is 3.46. The molecule has 1 aliphatic rings. The van der Waals surface area contributed by atoms with Gasteiger partial charge in [0.05, 0.1) is 6.42 Å². The average molecular weight is 231 g/mol. The topological polar surface area (TPSA) is 113 Å². The van der Waals surface area contributed by atoms with Crippen molar-refractivity contribution in [2.75, 3.05) is 6.54 Å². The van der Waals surface area contributed by atoms with Gasteiger partial charge in [-0.15, -0.1) is 0 Å². The first-order valence-corrected chi connectivity index (χ1v) is 4.88. The zero-order chi connectivity index (χ0) is 12.1. The number of carboxylic acid groups (broad SMARTS) is 2. The summed E-state index contributed by atoms with van der Waals surface area (Å²) >= 11 is 0. The van der Waals surface area contributed by atoms with E-state index in [1.54, 1.807) is 0 Å². The molecule has 90 valence electrons. The summed E-state index contributed by atoms with van der Waals surface area (Å²) < 4.78 is 4.98. The van der Waals surface area contributed by atoms with Gasteiger partial charge in [-0.2, -0.15) is 0 Å². The molecule has 0 aromatic carbocycles. The lowest BCUT2D eigenvalue weighted by Crippen LogP contribution is -2.36. The van der Waals surface area contributed by atoms with Crippen molar-refractivity contribution in [1.82, 2.24) is 5.32 Å². The fraction of sp³-hybridized carbons (Fsp3) is 0.667. The Balaban J connectivity index is 2.28. The molecule has 0 aromatic heterocycles. The number of hydrogen-bond acceptors (Lipinski definition) is 4. The number of ether oxygens (including phenoxy) is 1. The van der Waals surface area contributed by atoms with Gasteiger partial charge >= 0.3 is 11.9 Å². The lowest BCUT2D eigenvalue weighted by molar-refractivity contribution is -0.151. The smallest absolute Gasteiger partial charge is 0.332 e. The van der Waals surface area contributed by atoms with Gasteiger partial charge in [-0.25, -0.2) is 4.79 Å². The van der Waals surface area contributed by atoms with E-state index in [4.69, 9.17) is 14.9 Å². The third kappa shape index (κ3) is 3.50. The maximum atomic E-state index is 11.4. The van der Waals surface area contributed by atoms with E-state index >= 15 is 0 Å². The van der Waals surface area contributed by atoms with Crippen LogP contribution in [-0.2, 0) is 19.1 Å². The fourth-order valence-electron chi connectivity index (χ4n) is 1.42. The quantitative estimate of drug-likeness (QED) is 0.571. The molecule has 1 saturated heterocycles. The van der Waals surface area contributed by atoms with Crippen molar-refractivity contribution >= 4 is 17.8 Å². The highest BCUT2D eigenvalue weighted by atomic mass is 16.5. The van der Waals surface area contributed by atoms with E-state index in [1.807, 2.05) is 0 Å². The summed E-state index contributed by atoms with van der Waals surface area (Å²) in [5.74, 6) is -2.54.